The van der Waals surface area contributed by atoms with Crippen molar-refractivity contribution in [1.82, 2.24) is 19.8 Å². The summed E-state index contributed by atoms with van der Waals surface area (Å²) in [7, 11) is 3.82. The van der Waals surface area contributed by atoms with Crippen LogP contribution in [0.2, 0.25) is 5.02 Å². The van der Waals surface area contributed by atoms with Crippen LogP contribution in [0.5, 0.6) is 11.5 Å². The van der Waals surface area contributed by atoms with E-state index < -0.39 is 11.6 Å². The molecule has 4 aromatic rings. The first-order valence-corrected chi connectivity index (χ1v) is 14.1. The zero-order chi connectivity index (χ0) is 30.9. The number of nitrogens with zero attached hydrogens (tertiary/aromatic N) is 4. The molecule has 0 saturated heterocycles. The van der Waals surface area contributed by atoms with Crippen LogP contribution in [0.25, 0.3) is 11.4 Å². The number of hydrogen-bond donors (Lipinski definition) is 1. The minimum atomic E-state index is -0.862. The van der Waals surface area contributed by atoms with Gasteiger partial charge < -0.3 is 14.2 Å². The highest BCUT2D eigenvalue weighted by Gasteiger charge is 2.37. The van der Waals surface area contributed by atoms with E-state index in [1.165, 1.54) is 11.1 Å². The molecule has 43 heavy (non-hydrogen) atoms. The summed E-state index contributed by atoms with van der Waals surface area (Å²) in [5, 5.41) is 2.03. The van der Waals surface area contributed by atoms with Crippen LogP contribution >= 0.6 is 11.6 Å². The largest absolute Gasteiger partial charge is 0.453 e. The smallest absolute Gasteiger partial charge is 0.228 e. The van der Waals surface area contributed by atoms with E-state index in [4.69, 9.17) is 16.3 Å². The summed E-state index contributed by atoms with van der Waals surface area (Å²) in [5.41, 5.74) is 4.24. The summed E-state index contributed by atoms with van der Waals surface area (Å²) >= 11 is 5.97. The number of anilines is 1. The molecule has 0 spiro atoms. The molecule has 1 aromatic heterocycles. The van der Waals surface area contributed by atoms with Crippen molar-refractivity contribution in [2.75, 3.05) is 18.5 Å². The van der Waals surface area contributed by atoms with E-state index in [9.17, 15) is 18.4 Å². The van der Waals surface area contributed by atoms with Gasteiger partial charge >= 0.3 is 0 Å². The maximum atomic E-state index is 14.2. The second-order valence-electron chi connectivity index (χ2n) is 11.1. The monoisotopic (exact) mass is 607 g/mol. The number of halogens is 3. The molecule has 11 heteroatoms. The quantitative estimate of drug-likeness (QED) is 0.218. The Labute approximate surface area is 253 Å². The predicted molar refractivity (Wildman–Crippen MR) is 161 cm³/mol. The second kappa shape index (κ2) is 12.1. The zero-order valence-electron chi connectivity index (χ0n) is 24.3. The lowest BCUT2D eigenvalue weighted by molar-refractivity contribution is -0.125. The zero-order valence-corrected chi connectivity index (χ0v) is 25.1. The van der Waals surface area contributed by atoms with Crippen LogP contribution in [0.15, 0.2) is 60.8 Å². The van der Waals surface area contributed by atoms with Crippen LogP contribution in [-0.2, 0) is 35.3 Å². The van der Waals surface area contributed by atoms with Crippen molar-refractivity contribution in [3.8, 4) is 22.9 Å². The van der Waals surface area contributed by atoms with E-state index in [2.05, 4.69) is 47.2 Å². The Morgan fingerprint density at radius 2 is 1.91 bits per heavy atom. The topological polar surface area (TPSA) is 79.7 Å². The fourth-order valence-electron chi connectivity index (χ4n) is 5.42. The molecule has 8 nitrogen and oxygen atoms in total. The average Bonchev–Trinajstić information content (AvgIpc) is 3.46. The normalized spacial score (nSPS) is 13.9. The molecule has 2 amide bonds. The van der Waals surface area contributed by atoms with Crippen LogP contribution in [0.3, 0.4) is 0 Å². The maximum Gasteiger partial charge on any atom is 0.228 e. The number of ether oxygens (including phenoxy) is 1. The standard InChI is InChI=1S/C32H32ClF2N5O3/c1-32(2)25-13-21(31-36-16-29(39(31)4)38(3)12-11-28(42)37-19-41)7-8-22(25)18-40(32)17-20-5-9-24(10-6-20)43-30-26(33)14-23(34)15-27(30)35/h5-10,13-16,19H,11-12,17-18H2,1-4H3,(H,37,41,42). The Bertz CT molecular complexity index is 1650. The van der Waals surface area contributed by atoms with Crippen molar-refractivity contribution in [1.29, 1.82) is 0 Å². The number of imidazole rings is 1. The van der Waals surface area contributed by atoms with Crippen molar-refractivity contribution in [2.24, 2.45) is 7.05 Å². The lowest BCUT2D eigenvalue weighted by Gasteiger charge is -2.32. The summed E-state index contributed by atoms with van der Waals surface area (Å²) in [5.74, 6) is -0.107. The highest BCUT2D eigenvalue weighted by atomic mass is 35.5. The van der Waals surface area contributed by atoms with Crippen LogP contribution in [0.1, 0.15) is 37.0 Å². The lowest BCUT2D eigenvalue weighted by atomic mass is 9.92. The number of carbonyl (C=O) groups is 2. The summed E-state index contributed by atoms with van der Waals surface area (Å²) < 4.78 is 35.1. The predicted octanol–water partition coefficient (Wildman–Crippen LogP) is 6.16. The van der Waals surface area contributed by atoms with Crippen molar-refractivity contribution in [3.63, 3.8) is 0 Å². The van der Waals surface area contributed by atoms with Gasteiger partial charge in [-0.2, -0.15) is 0 Å². The molecule has 0 aliphatic carbocycles. The molecule has 1 aliphatic heterocycles. The Morgan fingerprint density at radius 1 is 1.16 bits per heavy atom. The van der Waals surface area contributed by atoms with Gasteiger partial charge in [0.15, 0.2) is 11.6 Å². The third kappa shape index (κ3) is 6.25. The van der Waals surface area contributed by atoms with E-state index in [0.717, 1.165) is 41.4 Å². The lowest BCUT2D eigenvalue weighted by Crippen LogP contribution is -2.34. The second-order valence-corrected chi connectivity index (χ2v) is 11.5. The number of rotatable bonds is 10. The number of benzene rings is 3. The van der Waals surface area contributed by atoms with Gasteiger partial charge in [-0.25, -0.2) is 13.8 Å². The summed E-state index contributed by atoms with van der Waals surface area (Å²) in [6.07, 6.45) is 2.36. The Morgan fingerprint density at radius 3 is 2.60 bits per heavy atom. The molecule has 0 bridgehead atoms. The van der Waals surface area contributed by atoms with Gasteiger partial charge in [-0.15, -0.1) is 0 Å². The first-order chi connectivity index (χ1) is 20.5. The molecule has 0 radical (unpaired) electrons. The van der Waals surface area contributed by atoms with Crippen LogP contribution in [0.4, 0.5) is 14.6 Å². The summed E-state index contributed by atoms with van der Waals surface area (Å²) in [6.45, 7) is 6.28. The first kappa shape index (κ1) is 30.2. The van der Waals surface area contributed by atoms with Gasteiger partial charge in [0.1, 0.15) is 23.2 Å². The molecule has 0 atom stereocenters. The minimum absolute atomic E-state index is 0.133. The molecule has 224 valence electrons. The fraction of sp³-hybridized carbons (Fsp3) is 0.281. The maximum absolute atomic E-state index is 14.2. The number of nitrogens with one attached hydrogen (secondary N) is 1. The van der Waals surface area contributed by atoms with Crippen LogP contribution < -0.4 is 15.0 Å². The Hall–Kier alpha value is -4.28. The van der Waals surface area contributed by atoms with E-state index in [-0.39, 0.29) is 28.6 Å². The van der Waals surface area contributed by atoms with E-state index >= 15 is 0 Å². The van der Waals surface area contributed by atoms with Gasteiger partial charge in [-0.1, -0.05) is 35.9 Å². The Kier molecular flexibility index (Phi) is 8.52. The number of amides is 2. The van der Waals surface area contributed by atoms with Gasteiger partial charge in [0, 0.05) is 57.3 Å². The van der Waals surface area contributed by atoms with Crippen molar-refractivity contribution in [2.45, 2.75) is 38.9 Å². The van der Waals surface area contributed by atoms with Gasteiger partial charge in [-0.05, 0) is 54.8 Å². The molecule has 2 heterocycles. The van der Waals surface area contributed by atoms with E-state index in [1.54, 1.807) is 18.3 Å². The SMILES string of the molecule is CN(CCC(=O)NC=O)c1cnc(-c2ccc3c(c2)C(C)(C)N(Cc2ccc(Oc4c(F)cc(F)cc4Cl)cc2)C3)n1C. The third-order valence-electron chi connectivity index (χ3n) is 7.91. The highest BCUT2D eigenvalue weighted by Crippen LogP contribution is 2.42. The van der Waals surface area contributed by atoms with E-state index in [0.29, 0.717) is 25.2 Å². The third-order valence-corrected chi connectivity index (χ3v) is 8.19. The van der Waals surface area contributed by atoms with E-state index in [1.807, 2.05) is 35.7 Å². The number of aromatic nitrogens is 2. The summed E-state index contributed by atoms with van der Waals surface area (Å²) in [4.78, 5) is 31.2. The molecule has 0 unspecified atom stereocenters. The van der Waals surface area contributed by atoms with Gasteiger partial charge in [-0.3, -0.25) is 19.8 Å². The van der Waals surface area contributed by atoms with Crippen molar-refractivity contribution >= 4 is 29.7 Å². The minimum Gasteiger partial charge on any atom is -0.453 e. The highest BCUT2D eigenvalue weighted by molar-refractivity contribution is 6.32. The van der Waals surface area contributed by atoms with Crippen molar-refractivity contribution < 1.29 is 23.1 Å². The van der Waals surface area contributed by atoms with Gasteiger partial charge in [0.2, 0.25) is 12.3 Å². The van der Waals surface area contributed by atoms with Crippen LogP contribution in [-0.4, -0.2) is 40.4 Å². The van der Waals surface area contributed by atoms with Gasteiger partial charge in [0.05, 0.1) is 11.2 Å². The molecule has 1 N–H and O–H groups in total. The first-order valence-electron chi connectivity index (χ1n) is 13.7. The van der Waals surface area contributed by atoms with Crippen molar-refractivity contribution in [3.05, 3.63) is 94.1 Å². The molecule has 3 aromatic carbocycles. The molecular formula is C32H32ClF2N5O3. The Balaban J connectivity index is 1.28. The molecule has 0 saturated carbocycles. The number of carbonyl (C=O) groups excluding carboxylic acids is 2. The van der Waals surface area contributed by atoms with Crippen LogP contribution in [0, 0.1) is 11.6 Å². The van der Waals surface area contributed by atoms with Gasteiger partial charge in [0.25, 0.3) is 0 Å². The molecule has 0 fully saturated rings. The number of hydrogen-bond acceptors (Lipinski definition) is 6. The fourth-order valence-corrected chi connectivity index (χ4v) is 5.66. The summed E-state index contributed by atoms with van der Waals surface area (Å²) in [6, 6.07) is 15.5. The molecule has 5 rings (SSSR count). The average molecular weight is 608 g/mol. The number of fused-ring (bicyclic) bond motifs is 1. The number of imide groups is 1. The molecule has 1 aliphatic rings. The molecular weight excluding hydrogens is 576 g/mol.